The van der Waals surface area contributed by atoms with Crippen LogP contribution >= 0.6 is 12.2 Å². The minimum absolute atomic E-state index is 0.0430. The highest BCUT2D eigenvalue weighted by Gasteiger charge is 2.43. The van der Waals surface area contributed by atoms with Gasteiger partial charge in [-0.1, -0.05) is 18.2 Å². The average molecular weight is 511 g/mol. The summed E-state index contributed by atoms with van der Waals surface area (Å²) in [7, 11) is 1.31. The molecule has 1 N–H and O–H groups in total. The van der Waals surface area contributed by atoms with Crippen molar-refractivity contribution in [2.24, 2.45) is 0 Å². The van der Waals surface area contributed by atoms with Crippen LogP contribution in [0.25, 0.3) is 0 Å². The van der Waals surface area contributed by atoms with Crippen LogP contribution in [0.1, 0.15) is 23.2 Å². The maximum atomic E-state index is 13.5. The number of carbonyl (C=O) groups is 3. The van der Waals surface area contributed by atoms with E-state index >= 15 is 0 Å². The molecule has 0 aliphatic carbocycles. The second-order valence-electron chi connectivity index (χ2n) is 8.63. The van der Waals surface area contributed by atoms with Crippen LogP contribution in [0.3, 0.4) is 0 Å². The van der Waals surface area contributed by atoms with Gasteiger partial charge in [0, 0.05) is 31.9 Å². The van der Waals surface area contributed by atoms with Crippen molar-refractivity contribution in [1.29, 1.82) is 0 Å². The van der Waals surface area contributed by atoms with Crippen molar-refractivity contribution in [3.63, 3.8) is 0 Å². The van der Waals surface area contributed by atoms with Crippen molar-refractivity contribution in [3.05, 3.63) is 60.2 Å². The number of hydrogen-bond donors (Lipinski definition) is 1. The highest BCUT2D eigenvalue weighted by Crippen LogP contribution is 2.27. The molecule has 2 saturated heterocycles. The van der Waals surface area contributed by atoms with E-state index in [0.717, 1.165) is 39.3 Å². The largest absolute Gasteiger partial charge is 0.465 e. The monoisotopic (exact) mass is 510 g/mol. The minimum atomic E-state index is -0.697. The predicted molar refractivity (Wildman–Crippen MR) is 140 cm³/mol. The zero-order chi connectivity index (χ0) is 25.5. The molecule has 0 spiro atoms. The first-order valence-electron chi connectivity index (χ1n) is 12.0. The molecule has 10 heteroatoms. The number of esters is 1. The Morgan fingerprint density at radius 2 is 1.75 bits per heavy atom. The van der Waals surface area contributed by atoms with Gasteiger partial charge in [0.05, 0.1) is 38.0 Å². The van der Waals surface area contributed by atoms with Gasteiger partial charge in [0.25, 0.3) is 5.91 Å². The number of amides is 2. The fourth-order valence-electron chi connectivity index (χ4n) is 4.39. The Hall–Kier alpha value is -3.34. The molecule has 36 heavy (non-hydrogen) atoms. The number of ether oxygens (including phenoxy) is 2. The number of carbonyl (C=O) groups excluding carboxylic acids is 3. The van der Waals surface area contributed by atoms with Gasteiger partial charge < -0.3 is 19.7 Å². The number of nitrogens with zero attached hydrogens (tertiary/aromatic N) is 3. The first kappa shape index (κ1) is 25.7. The number of para-hydroxylation sites is 1. The van der Waals surface area contributed by atoms with E-state index in [1.165, 1.54) is 12.0 Å². The number of nitrogens with one attached hydrogen (secondary N) is 1. The van der Waals surface area contributed by atoms with Crippen LogP contribution in [0, 0.1) is 0 Å². The molecular weight excluding hydrogens is 480 g/mol. The number of thiocarbonyl (C=S) groups is 1. The molecule has 4 rings (SSSR count). The van der Waals surface area contributed by atoms with Crippen LogP contribution in [-0.4, -0.2) is 85.2 Å². The van der Waals surface area contributed by atoms with Gasteiger partial charge in [0.2, 0.25) is 5.91 Å². The third-order valence-electron chi connectivity index (χ3n) is 6.28. The summed E-state index contributed by atoms with van der Waals surface area (Å²) < 4.78 is 10.1. The van der Waals surface area contributed by atoms with Crippen LogP contribution in [0.5, 0.6) is 0 Å². The molecule has 2 amide bonds. The Kier molecular flexibility index (Phi) is 8.63. The summed E-state index contributed by atoms with van der Waals surface area (Å²) in [5, 5.41) is 3.23. The second kappa shape index (κ2) is 12.1. The van der Waals surface area contributed by atoms with Gasteiger partial charge in [-0.3, -0.25) is 19.4 Å². The molecule has 2 heterocycles. The zero-order valence-electron chi connectivity index (χ0n) is 20.2. The predicted octanol–water partition coefficient (Wildman–Crippen LogP) is 2.53. The summed E-state index contributed by atoms with van der Waals surface area (Å²) in [5.41, 5.74) is 1.60. The van der Waals surface area contributed by atoms with E-state index in [2.05, 4.69) is 10.2 Å². The standard InChI is InChI=1S/C26H30N4O5S/c1-34-25(33)19-8-10-20(11-9-19)27-23(31)18-22-24(32)30(21-6-3-2-4-7-21)26(36)29(22)13-5-12-28-14-16-35-17-15-28/h2-4,6-11,22H,5,12-18H2,1H3,(H,27,31). The normalized spacial score (nSPS) is 18.4. The van der Waals surface area contributed by atoms with Gasteiger partial charge >= 0.3 is 5.97 Å². The Morgan fingerprint density at radius 1 is 1.06 bits per heavy atom. The molecule has 190 valence electrons. The van der Waals surface area contributed by atoms with E-state index < -0.39 is 12.0 Å². The van der Waals surface area contributed by atoms with Crippen LogP contribution in [0.15, 0.2) is 54.6 Å². The van der Waals surface area contributed by atoms with E-state index in [9.17, 15) is 14.4 Å². The third kappa shape index (κ3) is 6.07. The van der Waals surface area contributed by atoms with Gasteiger partial charge in [0.15, 0.2) is 5.11 Å². The molecule has 1 atom stereocenters. The lowest BCUT2D eigenvalue weighted by molar-refractivity contribution is -0.124. The highest BCUT2D eigenvalue weighted by atomic mass is 32.1. The molecular formula is C26H30N4O5S. The number of methoxy groups -OCH3 is 1. The highest BCUT2D eigenvalue weighted by molar-refractivity contribution is 7.80. The molecule has 9 nitrogen and oxygen atoms in total. The molecule has 2 aliphatic heterocycles. The topological polar surface area (TPSA) is 91.4 Å². The Morgan fingerprint density at radius 3 is 2.42 bits per heavy atom. The molecule has 0 radical (unpaired) electrons. The zero-order valence-corrected chi connectivity index (χ0v) is 21.0. The van der Waals surface area contributed by atoms with Crippen molar-refractivity contribution < 1.29 is 23.9 Å². The Bertz CT molecular complexity index is 1090. The SMILES string of the molecule is COC(=O)c1ccc(NC(=O)CC2C(=O)N(c3ccccc3)C(=S)N2CCCN2CCOCC2)cc1. The molecule has 1 unspecified atom stereocenters. The lowest BCUT2D eigenvalue weighted by Crippen LogP contribution is -2.41. The maximum Gasteiger partial charge on any atom is 0.337 e. The van der Waals surface area contributed by atoms with Crippen molar-refractivity contribution in [2.45, 2.75) is 18.9 Å². The summed E-state index contributed by atoms with van der Waals surface area (Å²) >= 11 is 5.72. The Labute approximate surface area is 215 Å². The van der Waals surface area contributed by atoms with E-state index in [4.69, 9.17) is 21.7 Å². The number of rotatable bonds is 9. The molecule has 2 aromatic rings. The van der Waals surface area contributed by atoms with Crippen LogP contribution in [0.4, 0.5) is 11.4 Å². The summed E-state index contributed by atoms with van der Waals surface area (Å²) in [6.07, 6.45) is 0.766. The number of hydrogen-bond acceptors (Lipinski definition) is 7. The quantitative estimate of drug-likeness (QED) is 0.407. The first-order chi connectivity index (χ1) is 17.5. The smallest absolute Gasteiger partial charge is 0.337 e. The van der Waals surface area contributed by atoms with Crippen molar-refractivity contribution in [1.82, 2.24) is 9.80 Å². The van der Waals surface area contributed by atoms with Crippen LogP contribution < -0.4 is 10.2 Å². The number of anilines is 2. The molecule has 2 aliphatic rings. The number of morpholine rings is 1. The third-order valence-corrected chi connectivity index (χ3v) is 6.70. The van der Waals surface area contributed by atoms with E-state index in [-0.39, 0.29) is 18.2 Å². The number of benzene rings is 2. The van der Waals surface area contributed by atoms with Gasteiger partial charge in [-0.05, 0) is 55.0 Å². The fourth-order valence-corrected chi connectivity index (χ4v) is 4.80. The second-order valence-corrected chi connectivity index (χ2v) is 8.99. The maximum absolute atomic E-state index is 13.5. The lowest BCUT2D eigenvalue weighted by Gasteiger charge is -2.28. The Balaban J connectivity index is 1.44. The summed E-state index contributed by atoms with van der Waals surface area (Å²) in [4.78, 5) is 43.8. The van der Waals surface area contributed by atoms with E-state index in [1.54, 1.807) is 24.3 Å². The molecule has 2 fully saturated rings. The summed E-state index contributed by atoms with van der Waals surface area (Å²) in [6, 6.07) is 15.0. The summed E-state index contributed by atoms with van der Waals surface area (Å²) in [5.74, 6) is -0.976. The van der Waals surface area contributed by atoms with Crippen molar-refractivity contribution in [3.8, 4) is 0 Å². The molecule has 2 aromatic carbocycles. The van der Waals surface area contributed by atoms with Gasteiger partial charge in [-0.25, -0.2) is 4.79 Å². The van der Waals surface area contributed by atoms with Crippen molar-refractivity contribution >= 4 is 46.5 Å². The van der Waals surface area contributed by atoms with Crippen molar-refractivity contribution in [2.75, 3.05) is 56.7 Å². The van der Waals surface area contributed by atoms with Gasteiger partial charge in [-0.2, -0.15) is 0 Å². The first-order valence-corrected chi connectivity index (χ1v) is 12.4. The molecule has 0 saturated carbocycles. The molecule has 0 aromatic heterocycles. The van der Waals surface area contributed by atoms with Crippen LogP contribution in [0.2, 0.25) is 0 Å². The van der Waals surface area contributed by atoms with Gasteiger partial charge in [-0.15, -0.1) is 0 Å². The lowest BCUT2D eigenvalue weighted by atomic mass is 10.1. The summed E-state index contributed by atoms with van der Waals surface area (Å²) in [6.45, 7) is 4.67. The van der Waals surface area contributed by atoms with Gasteiger partial charge in [0.1, 0.15) is 6.04 Å². The minimum Gasteiger partial charge on any atom is -0.465 e. The van der Waals surface area contributed by atoms with Crippen LogP contribution in [-0.2, 0) is 19.1 Å². The van der Waals surface area contributed by atoms with E-state index in [0.29, 0.717) is 28.6 Å². The average Bonchev–Trinajstić information content (AvgIpc) is 3.13. The molecule has 0 bridgehead atoms. The fraction of sp³-hybridized carbons (Fsp3) is 0.385. The van der Waals surface area contributed by atoms with E-state index in [1.807, 2.05) is 35.2 Å².